The van der Waals surface area contributed by atoms with Gasteiger partial charge in [0.15, 0.2) is 0 Å². The molecule has 2 atom stereocenters. The van der Waals surface area contributed by atoms with Gasteiger partial charge in [0, 0.05) is 0 Å². The van der Waals surface area contributed by atoms with Gasteiger partial charge in [0.05, 0.1) is 5.41 Å². The normalized spacial score (nSPS) is 18.1. The highest BCUT2D eigenvalue weighted by Gasteiger charge is 2.48. The molecule has 0 aromatic carbocycles. The maximum atomic E-state index is 12.7. The van der Waals surface area contributed by atoms with Crippen LogP contribution in [-0.4, -0.2) is 12.1 Å². The lowest BCUT2D eigenvalue weighted by Crippen LogP contribution is -2.45. The molecule has 0 aliphatic heterocycles. The van der Waals surface area contributed by atoms with Gasteiger partial charge in [-0.05, 0) is 37.0 Å². The number of hydrogen-bond donors (Lipinski definition) is 0. The molecule has 0 fully saturated rings. The Kier molecular flexibility index (Phi) is 5.68. The van der Waals surface area contributed by atoms with Crippen molar-refractivity contribution in [3.63, 3.8) is 0 Å². The Labute approximate surface area is 120 Å². The number of rotatable bonds is 4. The molecule has 0 rings (SSSR count). The summed E-state index contributed by atoms with van der Waals surface area (Å²) in [6.07, 6.45) is 0.793. The highest BCUT2D eigenvalue weighted by molar-refractivity contribution is 5.77. The summed E-state index contributed by atoms with van der Waals surface area (Å²) in [4.78, 5) is 12.7. The van der Waals surface area contributed by atoms with Gasteiger partial charge >= 0.3 is 5.97 Å². The van der Waals surface area contributed by atoms with E-state index in [9.17, 15) is 4.79 Å². The van der Waals surface area contributed by atoms with Gasteiger partial charge in [-0.25, -0.2) is 0 Å². The highest BCUT2D eigenvalue weighted by atomic mass is 16.5. The van der Waals surface area contributed by atoms with E-state index in [-0.39, 0.29) is 22.9 Å². The summed E-state index contributed by atoms with van der Waals surface area (Å²) in [5.74, 6) is 0.291. The van der Waals surface area contributed by atoms with Gasteiger partial charge in [-0.2, -0.15) is 0 Å². The van der Waals surface area contributed by atoms with Crippen LogP contribution in [0.1, 0.15) is 75.7 Å². The van der Waals surface area contributed by atoms with E-state index in [1.807, 2.05) is 13.8 Å². The van der Waals surface area contributed by atoms with E-state index in [1.165, 1.54) is 0 Å². The molecule has 0 aromatic heterocycles. The number of esters is 1. The first-order chi connectivity index (χ1) is 8.21. The summed E-state index contributed by atoms with van der Waals surface area (Å²) in [6, 6.07) is 0. The van der Waals surface area contributed by atoms with Crippen molar-refractivity contribution in [1.29, 1.82) is 0 Å². The van der Waals surface area contributed by atoms with Crippen LogP contribution >= 0.6 is 0 Å². The molecule has 0 radical (unpaired) electrons. The Hall–Kier alpha value is -0.530. The summed E-state index contributed by atoms with van der Waals surface area (Å²) in [7, 11) is 0. The topological polar surface area (TPSA) is 26.3 Å². The third-order valence-electron chi connectivity index (χ3n) is 4.22. The Morgan fingerprint density at radius 2 is 1.37 bits per heavy atom. The average Bonchev–Trinajstić information content (AvgIpc) is 2.12. The monoisotopic (exact) mass is 270 g/mol. The van der Waals surface area contributed by atoms with Crippen LogP contribution in [0.15, 0.2) is 0 Å². The molecule has 2 heteroatoms. The molecule has 0 saturated heterocycles. The molecule has 0 aliphatic carbocycles. The lowest BCUT2D eigenvalue weighted by Gasteiger charge is -2.44. The molecular formula is C17H34O2. The molecule has 19 heavy (non-hydrogen) atoms. The van der Waals surface area contributed by atoms with Gasteiger partial charge in [-0.1, -0.05) is 55.4 Å². The van der Waals surface area contributed by atoms with E-state index in [2.05, 4.69) is 55.4 Å². The van der Waals surface area contributed by atoms with Crippen molar-refractivity contribution in [3.8, 4) is 0 Å². The molecule has 0 N–H and O–H groups in total. The fourth-order valence-corrected chi connectivity index (χ4v) is 2.14. The van der Waals surface area contributed by atoms with Crippen LogP contribution in [0, 0.1) is 22.2 Å². The molecule has 114 valence electrons. The van der Waals surface area contributed by atoms with Crippen LogP contribution < -0.4 is 0 Å². The first-order valence-corrected chi connectivity index (χ1v) is 7.42. The molecule has 0 heterocycles. The zero-order valence-corrected chi connectivity index (χ0v) is 14.7. The van der Waals surface area contributed by atoms with E-state index in [4.69, 9.17) is 4.74 Å². The van der Waals surface area contributed by atoms with Gasteiger partial charge in [0.1, 0.15) is 6.10 Å². The van der Waals surface area contributed by atoms with E-state index in [1.54, 1.807) is 0 Å². The highest BCUT2D eigenvalue weighted by Crippen LogP contribution is 2.47. The molecular weight excluding hydrogens is 236 g/mol. The lowest BCUT2D eigenvalue weighted by atomic mass is 9.61. The van der Waals surface area contributed by atoms with Gasteiger partial charge in [0.2, 0.25) is 0 Å². The molecule has 2 unspecified atom stereocenters. The maximum absolute atomic E-state index is 12.7. The second-order valence-corrected chi connectivity index (χ2v) is 8.67. The molecule has 2 nitrogen and oxygen atoms in total. The second-order valence-electron chi connectivity index (χ2n) is 8.67. The van der Waals surface area contributed by atoms with E-state index in [0.717, 1.165) is 6.42 Å². The fourth-order valence-electron chi connectivity index (χ4n) is 2.14. The van der Waals surface area contributed by atoms with E-state index >= 15 is 0 Å². The van der Waals surface area contributed by atoms with Crippen molar-refractivity contribution in [2.45, 2.75) is 81.8 Å². The molecule has 0 amide bonds. The SMILES string of the molecule is CC(C)C(C)OC(=O)C(C)(CC(C)(C)C)C(C)(C)C. The van der Waals surface area contributed by atoms with Crippen LogP contribution in [0.3, 0.4) is 0 Å². The average molecular weight is 270 g/mol. The van der Waals surface area contributed by atoms with Crippen LogP contribution in [0.5, 0.6) is 0 Å². The lowest BCUT2D eigenvalue weighted by molar-refractivity contribution is -0.171. The first-order valence-electron chi connectivity index (χ1n) is 7.42. The van der Waals surface area contributed by atoms with Crippen molar-refractivity contribution < 1.29 is 9.53 Å². The maximum Gasteiger partial charge on any atom is 0.312 e. The zero-order chi connectivity index (χ0) is 15.6. The summed E-state index contributed by atoms with van der Waals surface area (Å²) in [6.45, 7) is 21.1. The van der Waals surface area contributed by atoms with Crippen LogP contribution in [0.25, 0.3) is 0 Å². The van der Waals surface area contributed by atoms with Crippen LogP contribution in [0.2, 0.25) is 0 Å². The van der Waals surface area contributed by atoms with Gasteiger partial charge in [0.25, 0.3) is 0 Å². The van der Waals surface area contributed by atoms with Gasteiger partial charge in [-0.15, -0.1) is 0 Å². The molecule has 0 spiro atoms. The van der Waals surface area contributed by atoms with Crippen molar-refractivity contribution in [3.05, 3.63) is 0 Å². The van der Waals surface area contributed by atoms with E-state index in [0.29, 0.717) is 5.92 Å². The number of ether oxygens (including phenoxy) is 1. The van der Waals surface area contributed by atoms with E-state index < -0.39 is 5.41 Å². The number of hydrogen-bond acceptors (Lipinski definition) is 2. The van der Waals surface area contributed by atoms with Crippen molar-refractivity contribution in [1.82, 2.24) is 0 Å². The zero-order valence-electron chi connectivity index (χ0n) is 14.7. The summed E-state index contributed by atoms with van der Waals surface area (Å²) < 4.78 is 5.71. The number of carbonyl (C=O) groups is 1. The van der Waals surface area contributed by atoms with Crippen LogP contribution in [-0.2, 0) is 9.53 Å². The Morgan fingerprint density at radius 1 is 0.947 bits per heavy atom. The summed E-state index contributed by atoms with van der Waals surface area (Å²) in [5, 5.41) is 0. The predicted molar refractivity (Wildman–Crippen MR) is 82.0 cm³/mol. The van der Waals surface area contributed by atoms with Crippen molar-refractivity contribution in [2.24, 2.45) is 22.2 Å². The van der Waals surface area contributed by atoms with Gasteiger partial charge in [-0.3, -0.25) is 4.79 Å². The Balaban J connectivity index is 5.22. The molecule has 0 aliphatic rings. The molecule has 0 saturated carbocycles. The molecule has 0 aromatic rings. The predicted octanol–water partition coefficient (Wildman–Crippen LogP) is 5.06. The summed E-state index contributed by atoms with van der Waals surface area (Å²) in [5.41, 5.74) is -0.482. The van der Waals surface area contributed by atoms with Gasteiger partial charge < -0.3 is 4.74 Å². The molecule has 0 bridgehead atoms. The largest absolute Gasteiger partial charge is 0.462 e. The second kappa shape index (κ2) is 5.85. The summed E-state index contributed by atoms with van der Waals surface area (Å²) >= 11 is 0. The van der Waals surface area contributed by atoms with Crippen molar-refractivity contribution >= 4 is 5.97 Å². The quantitative estimate of drug-likeness (QED) is 0.667. The fraction of sp³-hybridized carbons (Fsp3) is 0.941. The third kappa shape index (κ3) is 5.16. The van der Waals surface area contributed by atoms with Crippen LogP contribution in [0.4, 0.5) is 0 Å². The smallest absolute Gasteiger partial charge is 0.312 e. The first kappa shape index (κ1) is 18.5. The number of carbonyl (C=O) groups excluding carboxylic acids is 1. The standard InChI is InChI=1S/C17H34O2/c1-12(2)13(3)19-14(18)17(10,16(7,8)9)11-15(4,5)6/h12-13H,11H2,1-10H3. The third-order valence-corrected chi connectivity index (χ3v) is 4.22. The van der Waals surface area contributed by atoms with Crippen molar-refractivity contribution in [2.75, 3.05) is 0 Å². The minimum absolute atomic E-state index is 0.0332. The minimum atomic E-state index is -0.464. The Morgan fingerprint density at radius 3 is 1.63 bits per heavy atom. The Bertz CT molecular complexity index is 304. The minimum Gasteiger partial charge on any atom is -0.462 e.